The Labute approximate surface area is 165 Å². The van der Waals surface area contributed by atoms with Crippen LogP contribution < -0.4 is 5.43 Å². The van der Waals surface area contributed by atoms with Crippen LogP contribution in [0.25, 0.3) is 10.9 Å². The van der Waals surface area contributed by atoms with Gasteiger partial charge in [-0.25, -0.2) is 5.43 Å². The van der Waals surface area contributed by atoms with Gasteiger partial charge in [0.05, 0.1) is 11.8 Å². The van der Waals surface area contributed by atoms with Crippen molar-refractivity contribution in [1.82, 2.24) is 10.4 Å². The van der Waals surface area contributed by atoms with Crippen LogP contribution in [0.4, 0.5) is 13.2 Å². The maximum absolute atomic E-state index is 13.0. The summed E-state index contributed by atoms with van der Waals surface area (Å²) in [5.74, 6) is 0.128. The average molecular weight is 399 g/mol. The molecule has 0 aliphatic heterocycles. The van der Waals surface area contributed by atoms with Crippen LogP contribution in [-0.4, -0.2) is 17.1 Å². The fraction of sp³-hybridized carbons (Fsp3) is 0.273. The first-order chi connectivity index (χ1) is 13.8. The second-order valence-electron chi connectivity index (χ2n) is 7.47. The molecule has 7 heteroatoms. The zero-order valence-corrected chi connectivity index (χ0v) is 15.8. The number of benzene rings is 2. The molecule has 1 heterocycles. The van der Waals surface area contributed by atoms with E-state index in [0.717, 1.165) is 42.4 Å². The number of carbonyl (C=O) groups excluding carboxylic acids is 1. The van der Waals surface area contributed by atoms with Gasteiger partial charge in [-0.2, -0.15) is 18.3 Å². The maximum Gasteiger partial charge on any atom is 0.417 e. The number of aromatic nitrogens is 1. The Hall–Kier alpha value is -3.09. The molecule has 0 spiro atoms. The molecule has 1 atom stereocenters. The molecule has 1 aromatic heterocycles. The fourth-order valence-electron chi connectivity index (χ4n) is 3.83. The second kappa shape index (κ2) is 7.39. The number of nitrogens with one attached hydrogen (secondary N) is 2. The third-order valence-electron chi connectivity index (χ3n) is 5.33. The summed E-state index contributed by atoms with van der Waals surface area (Å²) in [5.41, 5.74) is 5.29. The summed E-state index contributed by atoms with van der Waals surface area (Å²) in [6.45, 7) is 2.21. The Balaban J connectivity index is 1.54. The van der Waals surface area contributed by atoms with Crippen molar-refractivity contribution in [3.63, 3.8) is 0 Å². The van der Waals surface area contributed by atoms with E-state index in [1.54, 1.807) is 6.07 Å². The summed E-state index contributed by atoms with van der Waals surface area (Å²) < 4.78 is 39.1. The standard InChI is InChI=1S/C22H20F3N3O/c1-13-6-8-19-16(10-13)17-11-14(7-9-20(17)27-19)21(29)28-26-12-15-4-2-3-5-18(15)22(23,24)25/h2-5,7,9,11-13,27H,6,8,10H2,1H3,(H,28,29)/b26-12-. The Morgan fingerprint density at radius 2 is 2.03 bits per heavy atom. The van der Waals surface area contributed by atoms with Gasteiger partial charge in [0.25, 0.3) is 5.91 Å². The minimum atomic E-state index is -4.48. The number of hydrogen-bond acceptors (Lipinski definition) is 2. The number of hydrazone groups is 1. The molecular formula is C22H20F3N3O. The van der Waals surface area contributed by atoms with E-state index in [4.69, 9.17) is 0 Å². The number of fused-ring (bicyclic) bond motifs is 3. The van der Waals surface area contributed by atoms with Gasteiger partial charge in [-0.1, -0.05) is 25.1 Å². The SMILES string of the molecule is CC1CCc2[nH]c3ccc(C(=O)N/N=C\c4ccccc4C(F)(F)F)cc3c2C1. The predicted octanol–water partition coefficient (Wildman–Crippen LogP) is 5.08. The first kappa shape index (κ1) is 19.2. The number of aryl methyl sites for hydroxylation is 1. The molecule has 29 heavy (non-hydrogen) atoms. The van der Waals surface area contributed by atoms with Gasteiger partial charge in [0, 0.05) is 27.7 Å². The van der Waals surface area contributed by atoms with Crippen molar-refractivity contribution in [1.29, 1.82) is 0 Å². The number of carbonyl (C=O) groups is 1. The molecule has 2 aromatic carbocycles. The number of aromatic amines is 1. The van der Waals surface area contributed by atoms with E-state index in [-0.39, 0.29) is 5.56 Å². The van der Waals surface area contributed by atoms with Gasteiger partial charge in [0.2, 0.25) is 0 Å². The Morgan fingerprint density at radius 1 is 1.24 bits per heavy atom. The lowest BCUT2D eigenvalue weighted by Crippen LogP contribution is -2.18. The molecule has 150 valence electrons. The Morgan fingerprint density at radius 3 is 2.83 bits per heavy atom. The number of nitrogens with zero attached hydrogens (tertiary/aromatic N) is 1. The van der Waals surface area contributed by atoms with Crippen molar-refractivity contribution in [2.24, 2.45) is 11.0 Å². The highest BCUT2D eigenvalue weighted by atomic mass is 19.4. The van der Waals surface area contributed by atoms with E-state index in [0.29, 0.717) is 11.5 Å². The lowest BCUT2D eigenvalue weighted by molar-refractivity contribution is -0.137. The van der Waals surface area contributed by atoms with Gasteiger partial charge in [0.15, 0.2) is 0 Å². The van der Waals surface area contributed by atoms with Crippen molar-refractivity contribution < 1.29 is 18.0 Å². The molecule has 0 saturated heterocycles. The van der Waals surface area contributed by atoms with Crippen LogP contribution in [-0.2, 0) is 19.0 Å². The van der Waals surface area contributed by atoms with Crippen LogP contribution in [0.5, 0.6) is 0 Å². The molecule has 0 saturated carbocycles. The minimum absolute atomic E-state index is 0.107. The number of alkyl halides is 3. The van der Waals surface area contributed by atoms with Gasteiger partial charge in [-0.15, -0.1) is 0 Å². The predicted molar refractivity (Wildman–Crippen MR) is 106 cm³/mol. The molecule has 2 N–H and O–H groups in total. The summed E-state index contributed by atoms with van der Waals surface area (Å²) in [6.07, 6.45) is -0.370. The van der Waals surface area contributed by atoms with E-state index >= 15 is 0 Å². The summed E-state index contributed by atoms with van der Waals surface area (Å²) in [6, 6.07) is 10.4. The van der Waals surface area contributed by atoms with Gasteiger partial charge in [-0.05, 0) is 55.0 Å². The van der Waals surface area contributed by atoms with Crippen LogP contribution in [0, 0.1) is 5.92 Å². The van der Waals surface area contributed by atoms with Crippen LogP contribution in [0.1, 0.15) is 46.1 Å². The molecule has 1 aliphatic carbocycles. The quantitative estimate of drug-likeness (QED) is 0.469. The number of rotatable bonds is 3. The summed E-state index contributed by atoms with van der Waals surface area (Å²) in [4.78, 5) is 15.9. The molecule has 1 aliphatic rings. The molecule has 4 nitrogen and oxygen atoms in total. The van der Waals surface area contributed by atoms with E-state index in [2.05, 4.69) is 22.4 Å². The lowest BCUT2D eigenvalue weighted by atomic mass is 9.87. The molecule has 4 rings (SSSR count). The molecule has 0 radical (unpaired) electrons. The normalized spacial score (nSPS) is 16.9. The smallest absolute Gasteiger partial charge is 0.358 e. The number of amides is 1. The van der Waals surface area contributed by atoms with Crippen LogP contribution >= 0.6 is 0 Å². The molecule has 3 aromatic rings. The number of halogens is 3. The number of hydrogen-bond donors (Lipinski definition) is 2. The average Bonchev–Trinajstić information content (AvgIpc) is 3.04. The third kappa shape index (κ3) is 3.90. The highest BCUT2D eigenvalue weighted by Gasteiger charge is 2.32. The maximum atomic E-state index is 13.0. The van der Waals surface area contributed by atoms with E-state index < -0.39 is 17.6 Å². The highest BCUT2D eigenvalue weighted by molar-refractivity contribution is 5.99. The largest absolute Gasteiger partial charge is 0.417 e. The zero-order valence-electron chi connectivity index (χ0n) is 15.8. The first-order valence-electron chi connectivity index (χ1n) is 9.46. The molecule has 0 bridgehead atoms. The Kier molecular flexibility index (Phi) is 4.90. The zero-order chi connectivity index (χ0) is 20.6. The topological polar surface area (TPSA) is 57.2 Å². The molecule has 1 amide bonds. The van der Waals surface area contributed by atoms with Gasteiger partial charge < -0.3 is 4.98 Å². The van der Waals surface area contributed by atoms with Crippen LogP contribution in [0.2, 0.25) is 0 Å². The van der Waals surface area contributed by atoms with Gasteiger partial charge in [-0.3, -0.25) is 4.79 Å². The lowest BCUT2D eigenvalue weighted by Gasteiger charge is -2.18. The van der Waals surface area contributed by atoms with Gasteiger partial charge in [0.1, 0.15) is 0 Å². The molecule has 0 fully saturated rings. The van der Waals surface area contributed by atoms with Crippen molar-refractivity contribution in [2.45, 2.75) is 32.4 Å². The van der Waals surface area contributed by atoms with Crippen molar-refractivity contribution in [3.8, 4) is 0 Å². The second-order valence-corrected chi connectivity index (χ2v) is 7.47. The molecule has 1 unspecified atom stereocenters. The van der Waals surface area contributed by atoms with Crippen molar-refractivity contribution in [2.75, 3.05) is 0 Å². The Bertz CT molecular complexity index is 1100. The molecular weight excluding hydrogens is 379 g/mol. The van der Waals surface area contributed by atoms with E-state index in [1.165, 1.54) is 29.5 Å². The van der Waals surface area contributed by atoms with Crippen LogP contribution in [0.3, 0.4) is 0 Å². The van der Waals surface area contributed by atoms with Crippen molar-refractivity contribution >= 4 is 23.0 Å². The van der Waals surface area contributed by atoms with E-state index in [9.17, 15) is 18.0 Å². The van der Waals surface area contributed by atoms with Crippen LogP contribution in [0.15, 0.2) is 47.6 Å². The van der Waals surface area contributed by atoms with E-state index in [1.807, 2.05) is 12.1 Å². The summed E-state index contributed by atoms with van der Waals surface area (Å²) >= 11 is 0. The van der Waals surface area contributed by atoms with Gasteiger partial charge >= 0.3 is 6.18 Å². The summed E-state index contributed by atoms with van der Waals surface area (Å²) in [7, 11) is 0. The fourth-order valence-corrected chi connectivity index (χ4v) is 3.83. The minimum Gasteiger partial charge on any atom is -0.358 e. The monoisotopic (exact) mass is 399 g/mol. The third-order valence-corrected chi connectivity index (χ3v) is 5.33. The highest BCUT2D eigenvalue weighted by Crippen LogP contribution is 2.32. The number of H-pyrrole nitrogens is 1. The summed E-state index contributed by atoms with van der Waals surface area (Å²) in [5, 5.41) is 4.75. The van der Waals surface area contributed by atoms with Crippen molar-refractivity contribution in [3.05, 3.63) is 70.4 Å². The first-order valence-corrected chi connectivity index (χ1v) is 9.46.